The van der Waals surface area contributed by atoms with Gasteiger partial charge in [-0.3, -0.25) is 9.59 Å². The van der Waals surface area contributed by atoms with Crippen molar-refractivity contribution < 1.29 is 9.59 Å². The lowest BCUT2D eigenvalue weighted by Crippen LogP contribution is -2.49. The molecule has 4 nitrogen and oxygen atoms in total. The highest BCUT2D eigenvalue weighted by Gasteiger charge is 2.38. The van der Waals surface area contributed by atoms with E-state index >= 15 is 0 Å². The summed E-state index contributed by atoms with van der Waals surface area (Å²) in [5.41, 5.74) is 1.22. The molecule has 1 heterocycles. The normalized spacial score (nSPS) is 15.9. The smallest absolute Gasteiger partial charge is 0.237 e. The van der Waals surface area contributed by atoms with Gasteiger partial charge < -0.3 is 10.2 Å². The summed E-state index contributed by atoms with van der Waals surface area (Å²) in [5.74, 6) is -0.256. The van der Waals surface area contributed by atoms with Gasteiger partial charge in [-0.15, -0.1) is 0 Å². The minimum absolute atomic E-state index is 0.0548. The number of nitrogens with zero attached hydrogens (tertiary/aromatic N) is 1. The van der Waals surface area contributed by atoms with E-state index < -0.39 is 5.41 Å². The molecule has 1 saturated heterocycles. The molecule has 0 aliphatic carbocycles. The monoisotopic (exact) mass is 316 g/mol. The molecule has 0 spiro atoms. The lowest BCUT2D eigenvalue weighted by atomic mass is 9.90. The van der Waals surface area contributed by atoms with Crippen LogP contribution in [0, 0.1) is 12.3 Å². The summed E-state index contributed by atoms with van der Waals surface area (Å²) in [4.78, 5) is 27.1. The second kappa shape index (κ2) is 7.62. The quantitative estimate of drug-likeness (QED) is 0.868. The van der Waals surface area contributed by atoms with Crippen LogP contribution in [0.3, 0.4) is 0 Å². The minimum atomic E-state index is -1.02. The van der Waals surface area contributed by atoms with Crippen LogP contribution in [0.4, 0.5) is 0 Å². The zero-order valence-electron chi connectivity index (χ0n) is 14.5. The van der Waals surface area contributed by atoms with E-state index in [0.29, 0.717) is 6.54 Å². The van der Waals surface area contributed by atoms with E-state index in [2.05, 4.69) is 5.32 Å². The van der Waals surface area contributed by atoms with Crippen LogP contribution in [-0.4, -0.2) is 29.8 Å². The van der Waals surface area contributed by atoms with Crippen molar-refractivity contribution in [3.05, 3.63) is 35.4 Å². The van der Waals surface area contributed by atoms with Crippen molar-refractivity contribution in [3.63, 3.8) is 0 Å². The van der Waals surface area contributed by atoms with Crippen LogP contribution in [0.2, 0.25) is 0 Å². The Balaban J connectivity index is 1.95. The van der Waals surface area contributed by atoms with E-state index in [-0.39, 0.29) is 11.8 Å². The third-order valence-electron chi connectivity index (χ3n) is 4.57. The highest BCUT2D eigenvalue weighted by molar-refractivity contribution is 6.04. The Bertz CT molecular complexity index is 541. The summed E-state index contributed by atoms with van der Waals surface area (Å²) in [6, 6.07) is 8.04. The van der Waals surface area contributed by atoms with E-state index in [1.165, 1.54) is 18.4 Å². The molecule has 1 aliphatic heterocycles. The number of nitrogens with one attached hydrogen (secondary N) is 1. The Morgan fingerprint density at radius 2 is 1.61 bits per heavy atom. The number of likely N-dealkylation sites (tertiary alicyclic amines) is 1. The van der Waals surface area contributed by atoms with Crippen molar-refractivity contribution in [1.82, 2.24) is 10.2 Å². The highest BCUT2D eigenvalue weighted by Crippen LogP contribution is 2.22. The number of rotatable bonds is 4. The molecule has 1 fully saturated rings. The number of carbonyl (C=O) groups is 2. The molecule has 1 aliphatic rings. The maximum Gasteiger partial charge on any atom is 0.237 e. The Morgan fingerprint density at radius 3 is 2.17 bits per heavy atom. The SMILES string of the molecule is Cc1ccc(CNC(=O)C(C)(C)C(=O)N2CCCCCC2)cc1. The molecule has 1 aromatic rings. The number of carbonyl (C=O) groups excluding carboxylic acids is 2. The van der Waals surface area contributed by atoms with Crippen molar-refractivity contribution in [3.8, 4) is 0 Å². The van der Waals surface area contributed by atoms with Gasteiger partial charge in [0.15, 0.2) is 0 Å². The van der Waals surface area contributed by atoms with Crippen molar-refractivity contribution in [2.75, 3.05) is 13.1 Å². The van der Waals surface area contributed by atoms with E-state index in [4.69, 9.17) is 0 Å². The lowest BCUT2D eigenvalue weighted by molar-refractivity contribution is -0.148. The predicted octanol–water partition coefficient (Wildman–Crippen LogP) is 3.04. The molecule has 0 saturated carbocycles. The average molecular weight is 316 g/mol. The zero-order chi connectivity index (χ0) is 16.9. The van der Waals surface area contributed by atoms with Crippen LogP contribution < -0.4 is 5.32 Å². The Labute approximate surface area is 139 Å². The first-order chi connectivity index (χ1) is 10.9. The average Bonchev–Trinajstić information content (AvgIpc) is 2.82. The first kappa shape index (κ1) is 17.5. The highest BCUT2D eigenvalue weighted by atomic mass is 16.2. The lowest BCUT2D eigenvalue weighted by Gasteiger charge is -2.30. The number of amides is 2. The first-order valence-corrected chi connectivity index (χ1v) is 8.54. The van der Waals surface area contributed by atoms with Gasteiger partial charge in [0.25, 0.3) is 0 Å². The molecule has 23 heavy (non-hydrogen) atoms. The summed E-state index contributed by atoms with van der Waals surface area (Å²) in [5, 5.41) is 2.91. The molecular weight excluding hydrogens is 288 g/mol. The number of benzene rings is 1. The third kappa shape index (κ3) is 4.57. The van der Waals surface area contributed by atoms with E-state index in [1.807, 2.05) is 36.1 Å². The Hall–Kier alpha value is -1.84. The summed E-state index contributed by atoms with van der Waals surface area (Å²) >= 11 is 0. The van der Waals surface area contributed by atoms with Gasteiger partial charge in [-0.1, -0.05) is 42.7 Å². The maximum atomic E-state index is 12.7. The van der Waals surface area contributed by atoms with Crippen molar-refractivity contribution >= 4 is 11.8 Å². The Morgan fingerprint density at radius 1 is 1.04 bits per heavy atom. The van der Waals surface area contributed by atoms with Crippen LogP contribution >= 0.6 is 0 Å². The van der Waals surface area contributed by atoms with Crippen LogP contribution in [0.25, 0.3) is 0 Å². The van der Waals surface area contributed by atoms with Crippen molar-refractivity contribution in [2.24, 2.45) is 5.41 Å². The van der Waals surface area contributed by atoms with E-state index in [1.54, 1.807) is 13.8 Å². The van der Waals surface area contributed by atoms with Crippen LogP contribution in [0.5, 0.6) is 0 Å². The van der Waals surface area contributed by atoms with Crippen molar-refractivity contribution in [1.29, 1.82) is 0 Å². The molecule has 0 bridgehead atoms. The van der Waals surface area contributed by atoms with Gasteiger partial charge in [-0.05, 0) is 39.2 Å². The molecule has 1 aromatic carbocycles. The van der Waals surface area contributed by atoms with Gasteiger partial charge in [0.2, 0.25) is 11.8 Å². The standard InChI is InChI=1S/C19H28N2O2/c1-15-8-10-16(11-9-15)14-20-17(22)19(2,3)18(23)21-12-6-4-5-7-13-21/h8-11H,4-7,12-14H2,1-3H3,(H,20,22). The summed E-state index contributed by atoms with van der Waals surface area (Å²) < 4.78 is 0. The largest absolute Gasteiger partial charge is 0.351 e. The van der Waals surface area contributed by atoms with Crippen molar-refractivity contribution in [2.45, 2.75) is 53.0 Å². The minimum Gasteiger partial charge on any atom is -0.351 e. The van der Waals surface area contributed by atoms with Gasteiger partial charge in [0.1, 0.15) is 5.41 Å². The van der Waals surface area contributed by atoms with Crippen LogP contribution in [0.1, 0.15) is 50.7 Å². The second-order valence-corrected chi connectivity index (χ2v) is 7.00. The van der Waals surface area contributed by atoms with Crippen LogP contribution in [0.15, 0.2) is 24.3 Å². The molecule has 4 heteroatoms. The van der Waals surface area contributed by atoms with E-state index in [9.17, 15) is 9.59 Å². The summed E-state index contributed by atoms with van der Waals surface area (Å²) in [7, 11) is 0. The third-order valence-corrected chi connectivity index (χ3v) is 4.57. The molecule has 126 valence electrons. The van der Waals surface area contributed by atoms with Gasteiger partial charge in [0.05, 0.1) is 0 Å². The Kier molecular flexibility index (Phi) is 5.80. The number of hydrogen-bond acceptors (Lipinski definition) is 2. The molecular formula is C19H28N2O2. The summed E-state index contributed by atoms with van der Waals surface area (Å²) in [6.45, 7) is 7.48. The van der Waals surface area contributed by atoms with Gasteiger partial charge in [-0.2, -0.15) is 0 Å². The fourth-order valence-electron chi connectivity index (χ4n) is 2.88. The summed E-state index contributed by atoms with van der Waals surface area (Å²) in [6.07, 6.45) is 4.41. The molecule has 0 atom stereocenters. The second-order valence-electron chi connectivity index (χ2n) is 7.00. The first-order valence-electron chi connectivity index (χ1n) is 8.54. The fourth-order valence-corrected chi connectivity index (χ4v) is 2.88. The van der Waals surface area contributed by atoms with Gasteiger partial charge in [-0.25, -0.2) is 0 Å². The molecule has 2 amide bonds. The van der Waals surface area contributed by atoms with E-state index in [0.717, 1.165) is 31.5 Å². The maximum absolute atomic E-state index is 12.7. The topological polar surface area (TPSA) is 49.4 Å². The predicted molar refractivity (Wildman–Crippen MR) is 91.9 cm³/mol. The molecule has 1 N–H and O–H groups in total. The zero-order valence-corrected chi connectivity index (χ0v) is 14.5. The molecule has 0 aromatic heterocycles. The van der Waals surface area contributed by atoms with Gasteiger partial charge in [0, 0.05) is 19.6 Å². The molecule has 2 rings (SSSR count). The fraction of sp³-hybridized carbons (Fsp3) is 0.579. The number of aryl methyl sites for hydroxylation is 1. The molecule has 0 unspecified atom stereocenters. The van der Waals surface area contributed by atoms with Gasteiger partial charge >= 0.3 is 0 Å². The number of hydrogen-bond donors (Lipinski definition) is 1. The van der Waals surface area contributed by atoms with Crippen LogP contribution in [-0.2, 0) is 16.1 Å². The molecule has 0 radical (unpaired) electrons.